The van der Waals surface area contributed by atoms with E-state index in [1.165, 1.54) is 6.07 Å². The van der Waals surface area contributed by atoms with Crippen LogP contribution in [0.25, 0.3) is 0 Å². The van der Waals surface area contributed by atoms with E-state index in [0.717, 1.165) is 17.4 Å². The molecule has 0 unspecified atom stereocenters. The SMILES string of the molecule is Cc1cccc(OCCNc2c(N)ccc(F)c2F)c1. The van der Waals surface area contributed by atoms with Crippen molar-refractivity contribution in [1.29, 1.82) is 0 Å². The maximum Gasteiger partial charge on any atom is 0.183 e. The fourth-order valence-electron chi connectivity index (χ4n) is 1.80. The highest BCUT2D eigenvalue weighted by molar-refractivity contribution is 5.66. The van der Waals surface area contributed by atoms with Crippen molar-refractivity contribution in [3.8, 4) is 5.75 Å². The Morgan fingerprint density at radius 2 is 2.00 bits per heavy atom. The number of nitrogens with one attached hydrogen (secondary N) is 1. The van der Waals surface area contributed by atoms with Gasteiger partial charge in [0.05, 0.1) is 11.4 Å². The van der Waals surface area contributed by atoms with Gasteiger partial charge in [0, 0.05) is 6.54 Å². The minimum atomic E-state index is -0.972. The van der Waals surface area contributed by atoms with Crippen LogP contribution >= 0.6 is 0 Å². The lowest BCUT2D eigenvalue weighted by Crippen LogP contribution is -2.14. The summed E-state index contributed by atoms with van der Waals surface area (Å²) >= 11 is 0. The minimum absolute atomic E-state index is 0.0298. The Morgan fingerprint density at radius 3 is 2.75 bits per heavy atom. The van der Waals surface area contributed by atoms with E-state index in [1.807, 2.05) is 31.2 Å². The molecule has 0 aliphatic heterocycles. The van der Waals surface area contributed by atoms with Crippen LogP contribution in [0, 0.1) is 18.6 Å². The number of ether oxygens (including phenoxy) is 1. The normalized spacial score (nSPS) is 10.3. The van der Waals surface area contributed by atoms with E-state index in [2.05, 4.69) is 5.32 Å². The molecule has 2 aromatic carbocycles. The van der Waals surface area contributed by atoms with Crippen molar-refractivity contribution >= 4 is 11.4 Å². The average molecular weight is 278 g/mol. The van der Waals surface area contributed by atoms with E-state index >= 15 is 0 Å². The van der Waals surface area contributed by atoms with Crippen molar-refractivity contribution in [1.82, 2.24) is 0 Å². The predicted molar refractivity (Wildman–Crippen MR) is 75.9 cm³/mol. The van der Waals surface area contributed by atoms with Gasteiger partial charge < -0.3 is 15.8 Å². The largest absolute Gasteiger partial charge is 0.492 e. The van der Waals surface area contributed by atoms with Crippen LogP contribution in [-0.4, -0.2) is 13.2 Å². The van der Waals surface area contributed by atoms with Gasteiger partial charge in [0.1, 0.15) is 12.4 Å². The van der Waals surface area contributed by atoms with Crippen LogP contribution in [-0.2, 0) is 0 Å². The van der Waals surface area contributed by atoms with Crippen molar-refractivity contribution in [2.75, 3.05) is 24.2 Å². The van der Waals surface area contributed by atoms with Crippen LogP contribution in [0.2, 0.25) is 0 Å². The van der Waals surface area contributed by atoms with Crippen molar-refractivity contribution in [3.05, 3.63) is 53.6 Å². The molecule has 106 valence electrons. The van der Waals surface area contributed by atoms with Crippen LogP contribution < -0.4 is 15.8 Å². The quantitative estimate of drug-likeness (QED) is 0.651. The molecule has 2 aromatic rings. The van der Waals surface area contributed by atoms with E-state index < -0.39 is 11.6 Å². The van der Waals surface area contributed by atoms with Crippen LogP contribution in [0.1, 0.15) is 5.56 Å². The number of hydrogen-bond acceptors (Lipinski definition) is 3. The fraction of sp³-hybridized carbons (Fsp3) is 0.200. The second kappa shape index (κ2) is 6.23. The Labute approximate surface area is 116 Å². The molecule has 2 rings (SSSR count). The Bertz CT molecular complexity index is 602. The first kappa shape index (κ1) is 14.1. The van der Waals surface area contributed by atoms with Gasteiger partial charge in [-0.1, -0.05) is 12.1 Å². The number of benzene rings is 2. The Kier molecular flexibility index (Phi) is 4.40. The van der Waals surface area contributed by atoms with Crippen LogP contribution in [0.3, 0.4) is 0 Å². The van der Waals surface area contributed by atoms with Crippen molar-refractivity contribution < 1.29 is 13.5 Å². The third kappa shape index (κ3) is 3.38. The van der Waals surface area contributed by atoms with Crippen LogP contribution in [0.15, 0.2) is 36.4 Å². The summed E-state index contributed by atoms with van der Waals surface area (Å²) in [6, 6.07) is 9.92. The Hall–Kier alpha value is -2.30. The highest BCUT2D eigenvalue weighted by atomic mass is 19.2. The predicted octanol–water partition coefficient (Wildman–Crippen LogP) is 3.35. The smallest absolute Gasteiger partial charge is 0.183 e. The molecule has 0 atom stereocenters. The van der Waals surface area contributed by atoms with Gasteiger partial charge in [-0.15, -0.1) is 0 Å². The van der Waals surface area contributed by atoms with E-state index in [9.17, 15) is 8.78 Å². The molecule has 0 radical (unpaired) electrons. The van der Waals surface area contributed by atoms with Crippen molar-refractivity contribution in [2.45, 2.75) is 6.92 Å². The molecular weight excluding hydrogens is 262 g/mol. The summed E-state index contributed by atoms with van der Waals surface area (Å²) in [6.07, 6.45) is 0. The topological polar surface area (TPSA) is 47.3 Å². The Balaban J connectivity index is 1.89. The van der Waals surface area contributed by atoms with Gasteiger partial charge in [-0.3, -0.25) is 0 Å². The summed E-state index contributed by atoms with van der Waals surface area (Å²) in [5.41, 5.74) is 6.82. The summed E-state index contributed by atoms with van der Waals surface area (Å²) in [4.78, 5) is 0. The number of nitrogens with two attached hydrogens (primary N) is 1. The van der Waals surface area contributed by atoms with Gasteiger partial charge in [-0.05, 0) is 36.8 Å². The number of halogens is 2. The summed E-state index contributed by atoms with van der Waals surface area (Å²) < 4.78 is 32.1. The average Bonchev–Trinajstić information content (AvgIpc) is 2.42. The second-order valence-electron chi connectivity index (χ2n) is 4.42. The maximum atomic E-state index is 13.5. The summed E-state index contributed by atoms with van der Waals surface area (Å²) in [5, 5.41) is 2.74. The molecule has 0 aromatic heterocycles. The lowest BCUT2D eigenvalue weighted by atomic mass is 10.2. The molecule has 0 amide bonds. The van der Waals surface area contributed by atoms with Gasteiger partial charge in [0.2, 0.25) is 0 Å². The second-order valence-corrected chi connectivity index (χ2v) is 4.42. The monoisotopic (exact) mass is 278 g/mol. The molecule has 20 heavy (non-hydrogen) atoms. The molecule has 0 bridgehead atoms. The Morgan fingerprint density at radius 1 is 1.20 bits per heavy atom. The van der Waals surface area contributed by atoms with Gasteiger partial charge >= 0.3 is 0 Å². The molecule has 0 aliphatic rings. The van der Waals surface area contributed by atoms with Crippen molar-refractivity contribution in [3.63, 3.8) is 0 Å². The third-order valence-electron chi connectivity index (χ3n) is 2.79. The maximum absolute atomic E-state index is 13.5. The lowest BCUT2D eigenvalue weighted by molar-refractivity contribution is 0.332. The zero-order chi connectivity index (χ0) is 14.5. The van der Waals surface area contributed by atoms with Gasteiger partial charge in [-0.25, -0.2) is 8.78 Å². The van der Waals surface area contributed by atoms with E-state index in [0.29, 0.717) is 13.2 Å². The molecule has 0 heterocycles. The number of aryl methyl sites for hydroxylation is 1. The minimum Gasteiger partial charge on any atom is -0.492 e. The standard InChI is InChI=1S/C15H16F2N2O/c1-10-3-2-4-11(9-10)20-8-7-19-15-13(18)6-5-12(16)14(15)17/h2-6,9,19H,7-8,18H2,1H3. The first-order valence-corrected chi connectivity index (χ1v) is 6.25. The van der Waals surface area contributed by atoms with Crippen LogP contribution in [0.5, 0.6) is 5.75 Å². The highest BCUT2D eigenvalue weighted by Crippen LogP contribution is 2.24. The molecule has 3 nitrogen and oxygen atoms in total. The van der Waals surface area contributed by atoms with Crippen LogP contribution in [0.4, 0.5) is 20.2 Å². The lowest BCUT2D eigenvalue weighted by Gasteiger charge is -2.12. The number of anilines is 2. The number of rotatable bonds is 5. The molecule has 0 aliphatic carbocycles. The number of nitrogen functional groups attached to an aromatic ring is 1. The third-order valence-corrected chi connectivity index (χ3v) is 2.79. The zero-order valence-electron chi connectivity index (χ0n) is 11.1. The van der Waals surface area contributed by atoms with Gasteiger partial charge in [-0.2, -0.15) is 0 Å². The molecule has 0 saturated heterocycles. The molecule has 0 spiro atoms. The van der Waals surface area contributed by atoms with E-state index in [4.69, 9.17) is 10.5 Å². The first-order valence-electron chi connectivity index (χ1n) is 6.25. The van der Waals surface area contributed by atoms with Gasteiger partial charge in [0.15, 0.2) is 11.6 Å². The van der Waals surface area contributed by atoms with E-state index in [1.54, 1.807) is 0 Å². The van der Waals surface area contributed by atoms with E-state index in [-0.39, 0.29) is 11.4 Å². The highest BCUT2D eigenvalue weighted by Gasteiger charge is 2.11. The summed E-state index contributed by atoms with van der Waals surface area (Å²) in [7, 11) is 0. The van der Waals surface area contributed by atoms with Gasteiger partial charge in [0.25, 0.3) is 0 Å². The summed E-state index contributed by atoms with van der Waals surface area (Å²) in [5.74, 6) is -1.17. The molecule has 3 N–H and O–H groups in total. The molecule has 5 heteroatoms. The molecular formula is C15H16F2N2O. The molecule has 0 fully saturated rings. The summed E-state index contributed by atoms with van der Waals surface area (Å²) in [6.45, 7) is 2.60. The zero-order valence-corrected chi connectivity index (χ0v) is 11.1. The molecule has 0 saturated carbocycles. The number of hydrogen-bond donors (Lipinski definition) is 2. The first-order chi connectivity index (χ1) is 9.58. The van der Waals surface area contributed by atoms with Crippen molar-refractivity contribution in [2.24, 2.45) is 0 Å². The fourth-order valence-corrected chi connectivity index (χ4v) is 1.80.